The lowest BCUT2D eigenvalue weighted by Crippen LogP contribution is -2.46. The van der Waals surface area contributed by atoms with Crippen LogP contribution in [0.5, 0.6) is 0 Å². The number of nitrogens with two attached hydrogens (primary N) is 1. The summed E-state index contributed by atoms with van der Waals surface area (Å²) in [6.45, 7) is 3.35. The van der Waals surface area contributed by atoms with Crippen LogP contribution in [-0.2, 0) is 4.74 Å². The highest BCUT2D eigenvalue weighted by molar-refractivity contribution is 5.93. The molecule has 4 N–H and O–H groups in total. The Morgan fingerprint density at radius 1 is 1.50 bits per heavy atom. The summed E-state index contributed by atoms with van der Waals surface area (Å²) in [5, 5.41) is 2.94. The van der Waals surface area contributed by atoms with Gasteiger partial charge in [0.05, 0.1) is 6.61 Å². The molecular formula is C13H20N4O3. The molecule has 0 aliphatic carbocycles. The Balaban J connectivity index is 1.80. The van der Waals surface area contributed by atoms with Gasteiger partial charge in [0.15, 0.2) is 0 Å². The van der Waals surface area contributed by atoms with Gasteiger partial charge in [0.25, 0.3) is 5.91 Å². The predicted octanol–water partition coefficient (Wildman–Crippen LogP) is 0.948. The van der Waals surface area contributed by atoms with E-state index >= 15 is 0 Å². The lowest BCUT2D eigenvalue weighted by molar-refractivity contribution is 0.0857. The molecule has 0 saturated carbocycles. The molecule has 2 amide bonds. The molecule has 0 atom stereocenters. The summed E-state index contributed by atoms with van der Waals surface area (Å²) in [6.07, 6.45) is 2.74. The highest BCUT2D eigenvalue weighted by atomic mass is 16.6. The van der Waals surface area contributed by atoms with Crippen LogP contribution in [0.3, 0.4) is 0 Å². The van der Waals surface area contributed by atoms with E-state index < -0.39 is 0 Å². The smallest absolute Gasteiger partial charge is 0.409 e. The summed E-state index contributed by atoms with van der Waals surface area (Å²) in [7, 11) is 0. The first-order valence-corrected chi connectivity index (χ1v) is 6.76. The van der Waals surface area contributed by atoms with Gasteiger partial charge < -0.3 is 25.7 Å². The van der Waals surface area contributed by atoms with Gasteiger partial charge >= 0.3 is 6.09 Å². The van der Waals surface area contributed by atoms with Crippen molar-refractivity contribution >= 4 is 17.7 Å². The largest absolute Gasteiger partial charge is 0.450 e. The van der Waals surface area contributed by atoms with Gasteiger partial charge in [0.2, 0.25) is 0 Å². The molecule has 1 saturated heterocycles. The van der Waals surface area contributed by atoms with Gasteiger partial charge in [0, 0.05) is 31.0 Å². The van der Waals surface area contributed by atoms with Crippen LogP contribution in [0.1, 0.15) is 30.3 Å². The highest BCUT2D eigenvalue weighted by Crippen LogP contribution is 2.13. The molecule has 2 heterocycles. The molecule has 7 heteroatoms. The number of rotatable bonds is 3. The number of nitrogens with one attached hydrogen (secondary N) is 2. The standard InChI is InChI=1S/C13H20N4O3/c1-2-20-13(19)17-5-3-10(4-6-17)16-12(18)11-7-9(14)8-15-11/h7-8,10,15H,2-6,14H2,1H3,(H,16,18). The van der Waals surface area contributed by atoms with Crippen LogP contribution in [0, 0.1) is 0 Å². The van der Waals surface area contributed by atoms with E-state index in [9.17, 15) is 9.59 Å². The van der Waals surface area contributed by atoms with Gasteiger partial charge in [-0.25, -0.2) is 4.79 Å². The van der Waals surface area contributed by atoms with Crippen molar-refractivity contribution in [1.29, 1.82) is 0 Å². The van der Waals surface area contributed by atoms with E-state index in [2.05, 4.69) is 10.3 Å². The number of hydrogen-bond donors (Lipinski definition) is 3. The zero-order chi connectivity index (χ0) is 14.5. The molecule has 0 bridgehead atoms. The molecule has 2 rings (SSSR count). The van der Waals surface area contributed by atoms with Gasteiger partial charge in [-0.2, -0.15) is 0 Å². The van der Waals surface area contributed by atoms with Crippen molar-refractivity contribution in [3.05, 3.63) is 18.0 Å². The minimum atomic E-state index is -0.283. The zero-order valence-corrected chi connectivity index (χ0v) is 11.5. The van der Waals surface area contributed by atoms with Crippen LogP contribution in [0.4, 0.5) is 10.5 Å². The monoisotopic (exact) mass is 280 g/mol. The normalized spacial score (nSPS) is 15.9. The first kappa shape index (κ1) is 14.2. The number of aromatic nitrogens is 1. The highest BCUT2D eigenvalue weighted by Gasteiger charge is 2.24. The van der Waals surface area contributed by atoms with E-state index in [1.54, 1.807) is 24.1 Å². The first-order chi connectivity index (χ1) is 9.60. The van der Waals surface area contributed by atoms with Crippen LogP contribution in [0.25, 0.3) is 0 Å². The van der Waals surface area contributed by atoms with Crippen LogP contribution >= 0.6 is 0 Å². The number of carbonyl (C=O) groups excluding carboxylic acids is 2. The quantitative estimate of drug-likeness (QED) is 0.767. The molecular weight excluding hydrogens is 260 g/mol. The molecule has 1 aromatic rings. The number of anilines is 1. The fourth-order valence-electron chi connectivity index (χ4n) is 2.23. The molecule has 0 aromatic carbocycles. The van der Waals surface area contributed by atoms with Gasteiger partial charge in [-0.3, -0.25) is 4.79 Å². The Kier molecular flexibility index (Phi) is 4.49. The van der Waals surface area contributed by atoms with E-state index in [0.29, 0.717) is 31.1 Å². The zero-order valence-electron chi connectivity index (χ0n) is 11.5. The minimum Gasteiger partial charge on any atom is -0.450 e. The molecule has 1 fully saturated rings. The summed E-state index contributed by atoms with van der Waals surface area (Å²) < 4.78 is 4.95. The summed E-state index contributed by atoms with van der Waals surface area (Å²) in [6, 6.07) is 1.67. The molecule has 7 nitrogen and oxygen atoms in total. The fourth-order valence-corrected chi connectivity index (χ4v) is 2.23. The third-order valence-electron chi connectivity index (χ3n) is 3.31. The van der Waals surface area contributed by atoms with E-state index in [4.69, 9.17) is 10.5 Å². The van der Waals surface area contributed by atoms with Crippen molar-refractivity contribution in [2.75, 3.05) is 25.4 Å². The summed E-state index contributed by atoms with van der Waals surface area (Å²) in [5.74, 6) is -0.170. The third-order valence-corrected chi connectivity index (χ3v) is 3.31. The van der Waals surface area contributed by atoms with E-state index in [1.165, 1.54) is 0 Å². The maximum Gasteiger partial charge on any atom is 0.409 e. The number of amides is 2. The van der Waals surface area contributed by atoms with Crippen LogP contribution in [-0.4, -0.2) is 47.6 Å². The van der Waals surface area contributed by atoms with Crippen molar-refractivity contribution in [3.8, 4) is 0 Å². The lowest BCUT2D eigenvalue weighted by Gasteiger charge is -2.31. The van der Waals surface area contributed by atoms with Gasteiger partial charge in [-0.05, 0) is 25.8 Å². The molecule has 0 radical (unpaired) electrons. The predicted molar refractivity (Wildman–Crippen MR) is 74.3 cm³/mol. The van der Waals surface area contributed by atoms with Crippen molar-refractivity contribution in [1.82, 2.24) is 15.2 Å². The van der Waals surface area contributed by atoms with Gasteiger partial charge in [-0.15, -0.1) is 0 Å². The van der Waals surface area contributed by atoms with E-state index in [-0.39, 0.29) is 18.0 Å². The van der Waals surface area contributed by atoms with Crippen molar-refractivity contribution in [2.24, 2.45) is 0 Å². The van der Waals surface area contributed by atoms with Crippen molar-refractivity contribution in [2.45, 2.75) is 25.8 Å². The Hall–Kier alpha value is -2.18. The molecule has 1 aliphatic rings. The molecule has 1 aromatic heterocycles. The fraction of sp³-hybridized carbons (Fsp3) is 0.538. The molecule has 0 unspecified atom stereocenters. The Bertz CT molecular complexity index is 478. The second-order valence-electron chi connectivity index (χ2n) is 4.78. The maximum atomic E-state index is 11.9. The van der Waals surface area contributed by atoms with Crippen LogP contribution < -0.4 is 11.1 Å². The number of piperidine rings is 1. The number of carbonyl (C=O) groups is 2. The average Bonchev–Trinajstić information content (AvgIpc) is 2.86. The van der Waals surface area contributed by atoms with Crippen molar-refractivity contribution < 1.29 is 14.3 Å². The maximum absolute atomic E-state index is 11.9. The van der Waals surface area contributed by atoms with E-state index in [1.807, 2.05) is 0 Å². The Morgan fingerprint density at radius 2 is 2.20 bits per heavy atom. The second-order valence-corrected chi connectivity index (χ2v) is 4.78. The third kappa shape index (κ3) is 3.43. The molecule has 0 spiro atoms. The number of aromatic amines is 1. The molecule has 20 heavy (non-hydrogen) atoms. The van der Waals surface area contributed by atoms with Gasteiger partial charge in [-0.1, -0.05) is 0 Å². The Morgan fingerprint density at radius 3 is 2.75 bits per heavy atom. The molecule has 110 valence electrons. The number of likely N-dealkylation sites (tertiary alicyclic amines) is 1. The number of nitrogen functional groups attached to an aromatic ring is 1. The van der Waals surface area contributed by atoms with E-state index in [0.717, 1.165) is 12.8 Å². The second kappa shape index (κ2) is 6.31. The minimum absolute atomic E-state index is 0.0673. The summed E-state index contributed by atoms with van der Waals surface area (Å²) >= 11 is 0. The van der Waals surface area contributed by atoms with Crippen molar-refractivity contribution in [3.63, 3.8) is 0 Å². The Labute approximate surface area is 117 Å². The van der Waals surface area contributed by atoms with Gasteiger partial charge in [0.1, 0.15) is 5.69 Å². The topological polar surface area (TPSA) is 100 Å². The SMILES string of the molecule is CCOC(=O)N1CCC(NC(=O)c2cc(N)c[nH]2)CC1. The number of H-pyrrole nitrogens is 1. The average molecular weight is 280 g/mol. The number of ether oxygens (including phenoxy) is 1. The van der Waals surface area contributed by atoms with Crippen LogP contribution in [0.2, 0.25) is 0 Å². The summed E-state index contributed by atoms with van der Waals surface area (Å²) in [4.78, 5) is 28.0. The molecule has 1 aliphatic heterocycles. The number of nitrogens with zero attached hydrogens (tertiary/aromatic N) is 1. The van der Waals surface area contributed by atoms with Crippen LogP contribution in [0.15, 0.2) is 12.3 Å². The lowest BCUT2D eigenvalue weighted by atomic mass is 10.1. The number of hydrogen-bond acceptors (Lipinski definition) is 4. The summed E-state index contributed by atoms with van der Waals surface area (Å²) in [5.41, 5.74) is 6.55. The first-order valence-electron chi connectivity index (χ1n) is 6.76.